The minimum atomic E-state index is 0.512. The van der Waals surface area contributed by atoms with Gasteiger partial charge < -0.3 is 5.32 Å². The maximum Gasteiger partial charge on any atom is 0.0386 e. The Hall–Kier alpha value is 0.01000. The van der Waals surface area contributed by atoms with Crippen LogP contribution in [0.4, 0.5) is 0 Å². The molecule has 1 aromatic rings. The van der Waals surface area contributed by atoms with Crippen LogP contribution in [-0.4, -0.2) is 18.1 Å². The van der Waals surface area contributed by atoms with Gasteiger partial charge in [0.2, 0.25) is 0 Å². The fourth-order valence-electron chi connectivity index (χ4n) is 1.13. The Balaban J connectivity index is 2.15. The Kier molecular flexibility index (Phi) is 5.51. The second kappa shape index (κ2) is 6.46. The molecule has 0 amide bonds. The molecule has 0 aromatic carbocycles. The van der Waals surface area contributed by atoms with Crippen molar-refractivity contribution in [2.24, 2.45) is 0 Å². The van der Waals surface area contributed by atoms with Crippen molar-refractivity contribution in [2.75, 3.05) is 18.1 Å². The van der Waals surface area contributed by atoms with Gasteiger partial charge in [-0.15, -0.1) is 11.3 Å². The molecule has 0 fully saturated rings. The van der Waals surface area contributed by atoms with E-state index in [1.807, 2.05) is 23.1 Å². The van der Waals surface area contributed by atoms with Gasteiger partial charge in [-0.25, -0.2) is 0 Å². The van der Waals surface area contributed by atoms with Crippen molar-refractivity contribution >= 4 is 23.1 Å². The van der Waals surface area contributed by atoms with Gasteiger partial charge in [-0.3, -0.25) is 0 Å². The Morgan fingerprint density at radius 1 is 1.62 bits per heavy atom. The second-order valence-corrected chi connectivity index (χ2v) is 5.26. The first-order chi connectivity index (χ1) is 6.34. The minimum absolute atomic E-state index is 0.512. The van der Waals surface area contributed by atoms with Gasteiger partial charge in [-0.2, -0.15) is 11.8 Å². The van der Waals surface area contributed by atoms with Crippen LogP contribution in [0.5, 0.6) is 0 Å². The number of thioether (sulfide) groups is 1. The Morgan fingerprint density at radius 2 is 2.46 bits per heavy atom. The Bertz CT molecular complexity index is 209. The maximum atomic E-state index is 3.51. The van der Waals surface area contributed by atoms with Crippen LogP contribution in [0.1, 0.15) is 24.8 Å². The third-order valence-electron chi connectivity index (χ3n) is 1.87. The fraction of sp³-hybridized carbons (Fsp3) is 0.600. The van der Waals surface area contributed by atoms with Gasteiger partial charge in [0.05, 0.1) is 0 Å². The monoisotopic (exact) mass is 215 g/mol. The molecule has 0 radical (unpaired) electrons. The molecule has 0 bridgehead atoms. The van der Waals surface area contributed by atoms with Crippen LogP contribution in [0.25, 0.3) is 0 Å². The highest BCUT2D eigenvalue weighted by atomic mass is 32.2. The molecule has 0 aliphatic rings. The van der Waals surface area contributed by atoms with Crippen molar-refractivity contribution in [1.29, 1.82) is 0 Å². The van der Waals surface area contributed by atoms with Gasteiger partial charge in [0, 0.05) is 23.2 Å². The lowest BCUT2D eigenvalue weighted by Crippen LogP contribution is -2.20. The van der Waals surface area contributed by atoms with Gasteiger partial charge in [-0.1, -0.05) is 13.0 Å². The SMILES string of the molecule is CCSCCNC(C)c1cccs1. The normalized spacial score (nSPS) is 13.1. The molecular weight excluding hydrogens is 198 g/mol. The molecular formula is C10H17NS2. The second-order valence-electron chi connectivity index (χ2n) is 2.89. The summed E-state index contributed by atoms with van der Waals surface area (Å²) < 4.78 is 0. The molecule has 0 aliphatic carbocycles. The lowest BCUT2D eigenvalue weighted by molar-refractivity contribution is 0.610. The van der Waals surface area contributed by atoms with Gasteiger partial charge in [0.15, 0.2) is 0 Å². The highest BCUT2D eigenvalue weighted by Gasteiger charge is 2.03. The van der Waals surface area contributed by atoms with Crippen LogP contribution >= 0.6 is 23.1 Å². The number of thiophene rings is 1. The molecule has 1 atom stereocenters. The summed E-state index contributed by atoms with van der Waals surface area (Å²) in [5.74, 6) is 2.43. The zero-order chi connectivity index (χ0) is 9.52. The van der Waals surface area contributed by atoms with Gasteiger partial charge >= 0.3 is 0 Å². The summed E-state index contributed by atoms with van der Waals surface area (Å²) in [4.78, 5) is 1.43. The summed E-state index contributed by atoms with van der Waals surface area (Å²) in [5.41, 5.74) is 0. The van der Waals surface area contributed by atoms with E-state index in [9.17, 15) is 0 Å². The summed E-state index contributed by atoms with van der Waals surface area (Å²) in [6.07, 6.45) is 0. The average Bonchev–Trinajstić information content (AvgIpc) is 2.65. The van der Waals surface area contributed by atoms with Crippen LogP contribution in [-0.2, 0) is 0 Å². The quantitative estimate of drug-likeness (QED) is 0.732. The topological polar surface area (TPSA) is 12.0 Å². The lowest BCUT2D eigenvalue weighted by atomic mass is 10.3. The van der Waals surface area contributed by atoms with E-state index in [1.165, 1.54) is 16.4 Å². The first-order valence-electron chi connectivity index (χ1n) is 4.69. The molecule has 0 aliphatic heterocycles. The van der Waals surface area contributed by atoms with Gasteiger partial charge in [-0.05, 0) is 24.1 Å². The van der Waals surface area contributed by atoms with E-state index in [4.69, 9.17) is 0 Å². The molecule has 1 N–H and O–H groups in total. The number of hydrogen-bond donors (Lipinski definition) is 1. The first kappa shape index (κ1) is 11.1. The van der Waals surface area contributed by atoms with Crippen molar-refractivity contribution in [3.05, 3.63) is 22.4 Å². The van der Waals surface area contributed by atoms with E-state index >= 15 is 0 Å². The molecule has 3 heteroatoms. The number of rotatable bonds is 6. The predicted octanol–water partition coefficient (Wildman–Crippen LogP) is 3.15. The highest BCUT2D eigenvalue weighted by molar-refractivity contribution is 7.99. The number of hydrogen-bond acceptors (Lipinski definition) is 3. The molecule has 0 saturated carbocycles. The molecule has 1 aromatic heterocycles. The number of nitrogens with one attached hydrogen (secondary N) is 1. The van der Waals surface area contributed by atoms with Crippen LogP contribution in [0.15, 0.2) is 17.5 Å². The van der Waals surface area contributed by atoms with E-state index in [-0.39, 0.29) is 0 Å². The predicted molar refractivity (Wildman–Crippen MR) is 63.7 cm³/mol. The Morgan fingerprint density at radius 3 is 3.08 bits per heavy atom. The van der Waals surface area contributed by atoms with Crippen molar-refractivity contribution in [1.82, 2.24) is 5.32 Å². The van der Waals surface area contributed by atoms with Crippen molar-refractivity contribution in [3.8, 4) is 0 Å². The molecule has 1 heterocycles. The minimum Gasteiger partial charge on any atom is -0.309 e. The lowest BCUT2D eigenvalue weighted by Gasteiger charge is -2.11. The van der Waals surface area contributed by atoms with E-state index in [0.29, 0.717) is 6.04 Å². The average molecular weight is 215 g/mol. The highest BCUT2D eigenvalue weighted by Crippen LogP contribution is 2.17. The van der Waals surface area contributed by atoms with Crippen LogP contribution in [0, 0.1) is 0 Å². The molecule has 74 valence electrons. The summed E-state index contributed by atoms with van der Waals surface area (Å²) >= 11 is 3.81. The molecule has 0 saturated heterocycles. The standard InChI is InChI=1S/C10H17NS2/c1-3-12-8-6-11-9(2)10-5-4-7-13-10/h4-5,7,9,11H,3,6,8H2,1-2H3. The molecule has 13 heavy (non-hydrogen) atoms. The molecule has 0 spiro atoms. The van der Waals surface area contributed by atoms with Crippen LogP contribution in [0.3, 0.4) is 0 Å². The third-order valence-corrected chi connectivity index (χ3v) is 3.83. The molecule has 1 nitrogen and oxygen atoms in total. The molecule has 1 unspecified atom stereocenters. The zero-order valence-electron chi connectivity index (χ0n) is 8.25. The Labute approximate surface area is 88.9 Å². The summed E-state index contributed by atoms with van der Waals surface area (Å²) in [6.45, 7) is 5.54. The zero-order valence-corrected chi connectivity index (χ0v) is 9.88. The van der Waals surface area contributed by atoms with Crippen molar-refractivity contribution in [3.63, 3.8) is 0 Å². The molecule has 1 rings (SSSR count). The third kappa shape index (κ3) is 4.16. The smallest absolute Gasteiger partial charge is 0.0386 e. The van der Waals surface area contributed by atoms with E-state index in [1.54, 1.807) is 0 Å². The first-order valence-corrected chi connectivity index (χ1v) is 6.72. The van der Waals surface area contributed by atoms with Crippen LogP contribution < -0.4 is 5.32 Å². The van der Waals surface area contributed by atoms with Gasteiger partial charge in [0.1, 0.15) is 0 Å². The maximum absolute atomic E-state index is 3.51. The van der Waals surface area contributed by atoms with Crippen molar-refractivity contribution < 1.29 is 0 Å². The van der Waals surface area contributed by atoms with E-state index < -0.39 is 0 Å². The van der Waals surface area contributed by atoms with Crippen LogP contribution in [0.2, 0.25) is 0 Å². The summed E-state index contributed by atoms with van der Waals surface area (Å²) in [7, 11) is 0. The summed E-state index contributed by atoms with van der Waals surface area (Å²) in [6, 6.07) is 4.81. The van der Waals surface area contributed by atoms with E-state index in [2.05, 4.69) is 36.7 Å². The summed E-state index contributed by atoms with van der Waals surface area (Å²) in [5, 5.41) is 5.64. The van der Waals surface area contributed by atoms with Crippen molar-refractivity contribution in [2.45, 2.75) is 19.9 Å². The van der Waals surface area contributed by atoms with Gasteiger partial charge in [0.25, 0.3) is 0 Å². The van der Waals surface area contributed by atoms with E-state index in [0.717, 1.165) is 6.54 Å². The fourth-order valence-corrected chi connectivity index (χ4v) is 2.44. The largest absolute Gasteiger partial charge is 0.309 e.